The van der Waals surface area contributed by atoms with Crippen LogP contribution in [0.1, 0.15) is 15.9 Å². The second-order valence-electron chi connectivity index (χ2n) is 5.29. The number of hydrogen-bond donors (Lipinski definition) is 1. The van der Waals surface area contributed by atoms with E-state index < -0.39 is 5.97 Å². The van der Waals surface area contributed by atoms with Crippen molar-refractivity contribution in [1.82, 2.24) is 4.57 Å². The first kappa shape index (κ1) is 17.6. The van der Waals surface area contributed by atoms with Crippen molar-refractivity contribution in [3.05, 3.63) is 76.2 Å². The first-order valence-corrected chi connectivity index (χ1v) is 7.14. The molecule has 3 aromatic rings. The van der Waals surface area contributed by atoms with Gasteiger partial charge in [-0.2, -0.15) is 0 Å². The van der Waals surface area contributed by atoms with Gasteiger partial charge in [-0.1, -0.05) is 18.2 Å². The predicted octanol–water partition coefficient (Wildman–Crippen LogP) is 2.84. The molecular formula is C18H17ClN2O3. The third-order valence-electron chi connectivity index (χ3n) is 3.70. The quantitative estimate of drug-likeness (QED) is 0.585. The molecule has 0 saturated heterocycles. The number of esters is 1. The molecule has 2 aromatic carbocycles. The topological polar surface area (TPSA) is 74.3 Å². The molecule has 0 aliphatic carbocycles. The summed E-state index contributed by atoms with van der Waals surface area (Å²) in [6, 6.07) is 14.2. The van der Waals surface area contributed by atoms with Crippen LogP contribution in [0.5, 0.6) is 0 Å². The molecule has 24 heavy (non-hydrogen) atoms. The van der Waals surface area contributed by atoms with Crippen molar-refractivity contribution in [2.75, 3.05) is 12.8 Å². The minimum absolute atomic E-state index is 0. The van der Waals surface area contributed by atoms with Crippen LogP contribution < -0.4 is 11.3 Å². The maximum atomic E-state index is 12.7. The lowest BCUT2D eigenvalue weighted by molar-refractivity contribution is 0.0601. The minimum atomic E-state index is -0.461. The van der Waals surface area contributed by atoms with Gasteiger partial charge in [-0.15, -0.1) is 12.4 Å². The summed E-state index contributed by atoms with van der Waals surface area (Å²) in [6.07, 6.45) is 1.74. The predicted molar refractivity (Wildman–Crippen MR) is 96.8 cm³/mol. The molecule has 124 valence electrons. The van der Waals surface area contributed by atoms with Crippen molar-refractivity contribution >= 4 is 34.8 Å². The summed E-state index contributed by atoms with van der Waals surface area (Å²) in [5, 5.41) is 1.27. The second-order valence-corrected chi connectivity index (χ2v) is 5.29. The van der Waals surface area contributed by atoms with Gasteiger partial charge in [0.15, 0.2) is 0 Å². The first-order chi connectivity index (χ1) is 11.1. The lowest BCUT2D eigenvalue weighted by Gasteiger charge is -2.09. The van der Waals surface area contributed by atoms with Gasteiger partial charge in [0, 0.05) is 17.3 Å². The van der Waals surface area contributed by atoms with E-state index in [1.807, 2.05) is 24.3 Å². The van der Waals surface area contributed by atoms with Crippen LogP contribution in [-0.2, 0) is 11.3 Å². The van der Waals surface area contributed by atoms with Crippen LogP contribution >= 0.6 is 12.4 Å². The summed E-state index contributed by atoms with van der Waals surface area (Å²) in [6.45, 7) is 0.419. The fourth-order valence-corrected chi connectivity index (χ4v) is 2.54. The molecule has 0 amide bonds. The molecule has 0 atom stereocenters. The Morgan fingerprint density at radius 2 is 1.96 bits per heavy atom. The van der Waals surface area contributed by atoms with Crippen molar-refractivity contribution in [3.8, 4) is 0 Å². The number of carbonyl (C=O) groups is 1. The molecular weight excluding hydrogens is 328 g/mol. The van der Waals surface area contributed by atoms with E-state index in [1.165, 1.54) is 7.11 Å². The van der Waals surface area contributed by atoms with Gasteiger partial charge in [0.1, 0.15) is 0 Å². The summed E-state index contributed by atoms with van der Waals surface area (Å²) in [7, 11) is 1.32. The number of fused-ring (bicyclic) bond motifs is 1. The Balaban J connectivity index is 0.00000208. The molecule has 0 bridgehead atoms. The van der Waals surface area contributed by atoms with Crippen molar-refractivity contribution in [3.63, 3.8) is 0 Å². The summed E-state index contributed by atoms with van der Waals surface area (Å²) >= 11 is 0. The van der Waals surface area contributed by atoms with Crippen LogP contribution in [-0.4, -0.2) is 17.6 Å². The van der Waals surface area contributed by atoms with E-state index >= 15 is 0 Å². The number of rotatable bonds is 3. The highest BCUT2D eigenvalue weighted by Gasteiger charge is 2.09. The summed E-state index contributed by atoms with van der Waals surface area (Å²) in [5.41, 5.74) is 7.57. The number of nitrogens with zero attached hydrogens (tertiary/aromatic N) is 1. The fourth-order valence-electron chi connectivity index (χ4n) is 2.54. The van der Waals surface area contributed by atoms with Crippen molar-refractivity contribution < 1.29 is 9.53 Å². The van der Waals surface area contributed by atoms with Gasteiger partial charge < -0.3 is 15.0 Å². The Bertz CT molecular complexity index is 950. The monoisotopic (exact) mass is 344 g/mol. The molecule has 2 N–H and O–H groups in total. The van der Waals surface area contributed by atoms with E-state index in [4.69, 9.17) is 10.5 Å². The number of nitrogen functional groups attached to an aromatic ring is 1. The number of nitrogens with two attached hydrogens (primary N) is 1. The fraction of sp³-hybridized carbons (Fsp3) is 0.111. The Morgan fingerprint density at radius 3 is 2.67 bits per heavy atom. The number of aromatic nitrogens is 1. The molecule has 0 aliphatic rings. The number of methoxy groups -OCH3 is 1. The number of anilines is 1. The third-order valence-corrected chi connectivity index (χ3v) is 3.70. The van der Waals surface area contributed by atoms with Crippen LogP contribution in [0.4, 0.5) is 5.69 Å². The average Bonchev–Trinajstić information content (AvgIpc) is 2.56. The zero-order chi connectivity index (χ0) is 16.4. The maximum Gasteiger partial charge on any atom is 0.337 e. The molecule has 1 heterocycles. The van der Waals surface area contributed by atoms with Gasteiger partial charge in [-0.3, -0.25) is 4.79 Å². The largest absolute Gasteiger partial charge is 0.465 e. The highest BCUT2D eigenvalue weighted by atomic mass is 35.5. The maximum absolute atomic E-state index is 12.7. The highest BCUT2D eigenvalue weighted by molar-refractivity contribution is 5.95. The van der Waals surface area contributed by atoms with E-state index in [0.29, 0.717) is 23.2 Å². The Morgan fingerprint density at radius 1 is 1.17 bits per heavy atom. The van der Waals surface area contributed by atoms with E-state index in [1.54, 1.807) is 35.0 Å². The molecule has 0 aliphatic heterocycles. The minimum Gasteiger partial charge on any atom is -0.465 e. The SMILES string of the molecule is COC(=O)c1ccc2ccn(Cc3cccc(N)c3)c(=O)c2c1.Cl. The molecule has 0 saturated carbocycles. The van der Waals surface area contributed by atoms with Gasteiger partial charge in [-0.05, 0) is 41.3 Å². The van der Waals surface area contributed by atoms with Gasteiger partial charge in [0.25, 0.3) is 5.56 Å². The molecule has 6 heteroatoms. The van der Waals surface area contributed by atoms with Gasteiger partial charge >= 0.3 is 5.97 Å². The van der Waals surface area contributed by atoms with Gasteiger partial charge in [0.05, 0.1) is 19.2 Å². The third kappa shape index (κ3) is 3.41. The number of ether oxygens (including phenoxy) is 1. The standard InChI is InChI=1S/C18H16N2O3.ClH/c1-23-18(22)14-6-5-13-7-8-20(17(21)16(13)10-14)11-12-3-2-4-15(19)9-12;/h2-10H,11,19H2,1H3;1H. The number of halogens is 1. The van der Waals surface area contributed by atoms with E-state index in [-0.39, 0.29) is 18.0 Å². The van der Waals surface area contributed by atoms with Crippen LogP contribution in [0.15, 0.2) is 59.5 Å². The van der Waals surface area contributed by atoms with Crippen LogP contribution in [0.25, 0.3) is 10.8 Å². The number of benzene rings is 2. The first-order valence-electron chi connectivity index (χ1n) is 7.14. The number of carbonyl (C=O) groups excluding carboxylic acids is 1. The lowest BCUT2D eigenvalue weighted by Crippen LogP contribution is -2.20. The van der Waals surface area contributed by atoms with E-state index in [9.17, 15) is 9.59 Å². The average molecular weight is 345 g/mol. The molecule has 0 radical (unpaired) electrons. The van der Waals surface area contributed by atoms with Crippen LogP contribution in [0.3, 0.4) is 0 Å². The molecule has 5 nitrogen and oxygen atoms in total. The summed E-state index contributed by atoms with van der Waals surface area (Å²) in [4.78, 5) is 24.3. The van der Waals surface area contributed by atoms with Crippen LogP contribution in [0.2, 0.25) is 0 Å². The number of hydrogen-bond acceptors (Lipinski definition) is 4. The summed E-state index contributed by atoms with van der Waals surface area (Å²) < 4.78 is 6.30. The molecule has 3 rings (SSSR count). The summed E-state index contributed by atoms with van der Waals surface area (Å²) in [5.74, 6) is -0.461. The normalized spacial score (nSPS) is 10.2. The molecule has 0 fully saturated rings. The smallest absolute Gasteiger partial charge is 0.337 e. The highest BCUT2D eigenvalue weighted by Crippen LogP contribution is 2.14. The molecule has 1 aromatic heterocycles. The molecule has 0 spiro atoms. The number of pyridine rings is 1. The van der Waals surface area contributed by atoms with E-state index in [2.05, 4.69) is 0 Å². The zero-order valence-electron chi connectivity index (χ0n) is 13.1. The van der Waals surface area contributed by atoms with Crippen molar-refractivity contribution in [1.29, 1.82) is 0 Å². The lowest BCUT2D eigenvalue weighted by atomic mass is 10.1. The Kier molecular flexibility index (Phi) is 5.26. The zero-order valence-corrected chi connectivity index (χ0v) is 13.9. The second kappa shape index (κ2) is 7.19. The van der Waals surface area contributed by atoms with E-state index in [0.717, 1.165) is 10.9 Å². The van der Waals surface area contributed by atoms with Gasteiger partial charge in [0.2, 0.25) is 0 Å². The van der Waals surface area contributed by atoms with Crippen molar-refractivity contribution in [2.45, 2.75) is 6.54 Å². The Hall–Kier alpha value is -2.79. The Labute approximate surface area is 145 Å². The van der Waals surface area contributed by atoms with Crippen LogP contribution in [0, 0.1) is 0 Å². The molecule has 0 unspecified atom stereocenters. The van der Waals surface area contributed by atoms with Gasteiger partial charge in [-0.25, -0.2) is 4.79 Å². The van der Waals surface area contributed by atoms with Crippen molar-refractivity contribution in [2.24, 2.45) is 0 Å².